The lowest BCUT2D eigenvalue weighted by molar-refractivity contribution is 0.0362. The van der Waals surface area contributed by atoms with Gasteiger partial charge in [0, 0.05) is 23.6 Å². The molecule has 0 aliphatic carbocycles. The van der Waals surface area contributed by atoms with Gasteiger partial charge in [-0.1, -0.05) is 0 Å². The maximum Gasteiger partial charge on any atom is 0.225 e. The molecule has 6 heteroatoms. The van der Waals surface area contributed by atoms with Crippen LogP contribution in [0.3, 0.4) is 0 Å². The molecule has 116 valence electrons. The van der Waals surface area contributed by atoms with Crippen LogP contribution in [0.1, 0.15) is 34.7 Å². The Morgan fingerprint density at radius 2 is 1.64 bits per heavy atom. The summed E-state index contributed by atoms with van der Waals surface area (Å²) in [4.78, 5) is 20.1. The van der Waals surface area contributed by atoms with Crippen molar-refractivity contribution >= 4 is 5.95 Å². The summed E-state index contributed by atoms with van der Waals surface area (Å²) in [6.07, 6.45) is -0.0708. The molecule has 0 unspecified atom stereocenters. The summed E-state index contributed by atoms with van der Waals surface area (Å²) in [6, 6.07) is 3.97. The fraction of sp³-hybridized carbons (Fsp3) is 0.500. The first-order valence-corrected chi connectivity index (χ1v) is 7.52. The molecule has 1 fully saturated rings. The number of aryl methyl sites for hydroxylation is 4. The lowest BCUT2D eigenvalue weighted by Gasteiger charge is -2.33. The summed E-state index contributed by atoms with van der Waals surface area (Å²) in [5, 5.41) is 0. The molecule has 1 aliphatic heterocycles. The zero-order valence-corrected chi connectivity index (χ0v) is 13.5. The molecule has 1 aliphatic rings. The maximum atomic E-state index is 5.90. The Hall–Kier alpha value is -2.08. The molecule has 3 heterocycles. The molecule has 1 atom stereocenters. The zero-order chi connectivity index (χ0) is 15.7. The van der Waals surface area contributed by atoms with Crippen molar-refractivity contribution in [3.05, 3.63) is 40.7 Å². The summed E-state index contributed by atoms with van der Waals surface area (Å²) in [7, 11) is 0. The number of ether oxygens (including phenoxy) is 1. The lowest BCUT2D eigenvalue weighted by atomic mass is 10.2. The minimum atomic E-state index is -0.0708. The predicted molar refractivity (Wildman–Crippen MR) is 83.9 cm³/mol. The van der Waals surface area contributed by atoms with Crippen LogP contribution < -0.4 is 4.90 Å². The van der Waals surface area contributed by atoms with E-state index in [2.05, 4.69) is 24.8 Å². The predicted octanol–water partition coefficient (Wildman–Crippen LogP) is 2.08. The molecular weight excluding hydrogens is 278 g/mol. The number of nitrogens with zero attached hydrogens (tertiary/aromatic N) is 5. The Bertz CT molecular complexity index is 590. The summed E-state index contributed by atoms with van der Waals surface area (Å²) >= 11 is 0. The fourth-order valence-electron chi connectivity index (χ4n) is 2.77. The Morgan fingerprint density at radius 1 is 0.955 bits per heavy atom. The highest BCUT2D eigenvalue weighted by atomic mass is 16.5. The number of rotatable bonds is 2. The van der Waals surface area contributed by atoms with Crippen LogP contribution in [0.2, 0.25) is 0 Å². The zero-order valence-electron chi connectivity index (χ0n) is 13.5. The molecule has 0 bridgehead atoms. The highest BCUT2D eigenvalue weighted by molar-refractivity contribution is 5.33. The third-order valence-corrected chi connectivity index (χ3v) is 3.64. The van der Waals surface area contributed by atoms with Gasteiger partial charge in [-0.15, -0.1) is 0 Å². The monoisotopic (exact) mass is 299 g/mol. The molecule has 6 nitrogen and oxygen atoms in total. The molecule has 0 spiro atoms. The molecule has 3 rings (SSSR count). The molecule has 2 aromatic rings. The summed E-state index contributed by atoms with van der Waals surface area (Å²) in [6.45, 7) is 10.0. The van der Waals surface area contributed by atoms with E-state index in [4.69, 9.17) is 4.74 Å². The number of morpholine rings is 1. The molecule has 0 radical (unpaired) electrons. The van der Waals surface area contributed by atoms with Gasteiger partial charge in [0.2, 0.25) is 5.95 Å². The van der Waals surface area contributed by atoms with Gasteiger partial charge in [0.25, 0.3) is 0 Å². The minimum absolute atomic E-state index is 0.0708. The van der Waals surface area contributed by atoms with E-state index >= 15 is 0 Å². The van der Waals surface area contributed by atoms with Crippen molar-refractivity contribution in [2.24, 2.45) is 0 Å². The Balaban J connectivity index is 1.84. The summed E-state index contributed by atoms with van der Waals surface area (Å²) in [5.74, 6) is 1.55. The molecule has 0 N–H and O–H groups in total. The first-order valence-electron chi connectivity index (χ1n) is 7.52. The van der Waals surface area contributed by atoms with Crippen molar-refractivity contribution < 1.29 is 4.74 Å². The van der Waals surface area contributed by atoms with Gasteiger partial charge in [-0.05, 0) is 39.8 Å². The van der Waals surface area contributed by atoms with Crippen molar-refractivity contribution in [2.75, 3.05) is 24.6 Å². The largest absolute Gasteiger partial charge is 0.368 e. The molecule has 2 aromatic heterocycles. The number of hydrogen-bond donors (Lipinski definition) is 0. The minimum Gasteiger partial charge on any atom is -0.368 e. The van der Waals surface area contributed by atoms with Crippen LogP contribution in [0.5, 0.6) is 0 Å². The van der Waals surface area contributed by atoms with Crippen molar-refractivity contribution in [3.8, 4) is 0 Å². The van der Waals surface area contributed by atoms with Gasteiger partial charge in [-0.25, -0.2) is 19.9 Å². The van der Waals surface area contributed by atoms with E-state index in [0.29, 0.717) is 13.2 Å². The Morgan fingerprint density at radius 3 is 2.32 bits per heavy atom. The van der Waals surface area contributed by atoms with Crippen LogP contribution in [0, 0.1) is 27.7 Å². The van der Waals surface area contributed by atoms with Crippen molar-refractivity contribution in [1.29, 1.82) is 0 Å². The van der Waals surface area contributed by atoms with Gasteiger partial charge < -0.3 is 9.64 Å². The van der Waals surface area contributed by atoms with Crippen LogP contribution in [0.15, 0.2) is 12.1 Å². The number of anilines is 1. The van der Waals surface area contributed by atoms with Gasteiger partial charge in [-0.2, -0.15) is 0 Å². The van der Waals surface area contributed by atoms with E-state index < -0.39 is 0 Å². The van der Waals surface area contributed by atoms with Crippen molar-refractivity contribution in [3.63, 3.8) is 0 Å². The van der Waals surface area contributed by atoms with Gasteiger partial charge >= 0.3 is 0 Å². The average Bonchev–Trinajstić information content (AvgIpc) is 2.45. The van der Waals surface area contributed by atoms with E-state index in [1.165, 1.54) is 0 Å². The van der Waals surface area contributed by atoms with Crippen molar-refractivity contribution in [2.45, 2.75) is 33.8 Å². The van der Waals surface area contributed by atoms with E-state index in [1.807, 2.05) is 39.8 Å². The SMILES string of the molecule is Cc1cc([C@H]2CN(c3nc(C)cc(C)n3)CCO2)nc(C)n1. The van der Waals surface area contributed by atoms with Crippen LogP contribution in [0.25, 0.3) is 0 Å². The fourth-order valence-corrected chi connectivity index (χ4v) is 2.77. The molecule has 0 amide bonds. The second-order valence-corrected chi connectivity index (χ2v) is 5.74. The second kappa shape index (κ2) is 5.96. The Labute approximate surface area is 130 Å². The molecule has 0 saturated carbocycles. The quantitative estimate of drug-likeness (QED) is 0.846. The van der Waals surface area contributed by atoms with Crippen molar-refractivity contribution in [1.82, 2.24) is 19.9 Å². The standard InChI is InChI=1S/C16H21N5O/c1-10-7-11(2)19-16(18-10)21-5-6-22-15(9-21)14-8-12(3)17-13(4)20-14/h7-8,15H,5-6,9H2,1-4H3/t15-/m1/s1. The van der Waals surface area contributed by atoms with Gasteiger partial charge in [0.05, 0.1) is 18.8 Å². The van der Waals surface area contributed by atoms with E-state index in [-0.39, 0.29) is 6.10 Å². The van der Waals surface area contributed by atoms with E-state index in [0.717, 1.165) is 41.1 Å². The first kappa shape index (κ1) is 14.8. The lowest BCUT2D eigenvalue weighted by Crippen LogP contribution is -2.40. The van der Waals surface area contributed by atoms with Crippen LogP contribution in [0.4, 0.5) is 5.95 Å². The topological polar surface area (TPSA) is 64.0 Å². The molecule has 22 heavy (non-hydrogen) atoms. The van der Waals surface area contributed by atoms with E-state index in [9.17, 15) is 0 Å². The maximum absolute atomic E-state index is 5.90. The van der Waals surface area contributed by atoms with E-state index in [1.54, 1.807) is 0 Å². The van der Waals surface area contributed by atoms with Crippen LogP contribution >= 0.6 is 0 Å². The van der Waals surface area contributed by atoms with Gasteiger partial charge in [0.15, 0.2) is 0 Å². The molecule has 1 saturated heterocycles. The molecular formula is C16H21N5O. The normalized spacial score (nSPS) is 18.5. The summed E-state index contributed by atoms with van der Waals surface area (Å²) in [5.41, 5.74) is 3.86. The smallest absolute Gasteiger partial charge is 0.225 e. The average molecular weight is 299 g/mol. The summed E-state index contributed by atoms with van der Waals surface area (Å²) < 4.78 is 5.90. The Kier molecular flexibility index (Phi) is 4.02. The van der Waals surface area contributed by atoms with Gasteiger partial charge in [-0.3, -0.25) is 0 Å². The highest BCUT2D eigenvalue weighted by Gasteiger charge is 2.25. The third kappa shape index (κ3) is 3.22. The van der Waals surface area contributed by atoms with Gasteiger partial charge in [0.1, 0.15) is 11.9 Å². The molecule has 0 aromatic carbocycles. The van der Waals surface area contributed by atoms with Crippen LogP contribution in [-0.4, -0.2) is 39.6 Å². The number of hydrogen-bond acceptors (Lipinski definition) is 6. The highest BCUT2D eigenvalue weighted by Crippen LogP contribution is 2.24. The van der Waals surface area contributed by atoms with Crippen LogP contribution in [-0.2, 0) is 4.74 Å². The second-order valence-electron chi connectivity index (χ2n) is 5.74. The third-order valence-electron chi connectivity index (χ3n) is 3.64. The number of aromatic nitrogens is 4. The first-order chi connectivity index (χ1) is 10.5.